The van der Waals surface area contributed by atoms with E-state index in [4.69, 9.17) is 27.9 Å². The van der Waals surface area contributed by atoms with Gasteiger partial charge in [0.25, 0.3) is 0 Å². The third-order valence-corrected chi connectivity index (χ3v) is 5.07. The monoisotopic (exact) mass is 431 g/mol. The van der Waals surface area contributed by atoms with Crippen molar-refractivity contribution in [3.8, 4) is 11.5 Å². The molecule has 2 atom stereocenters. The number of pyridine rings is 1. The van der Waals surface area contributed by atoms with Crippen LogP contribution in [0.3, 0.4) is 0 Å². The van der Waals surface area contributed by atoms with Gasteiger partial charge in [0, 0.05) is 36.4 Å². The molecule has 0 unspecified atom stereocenters. The molecule has 1 aromatic carbocycles. The van der Waals surface area contributed by atoms with E-state index in [0.717, 1.165) is 0 Å². The van der Waals surface area contributed by atoms with Gasteiger partial charge in [-0.25, -0.2) is 0 Å². The molecule has 0 saturated heterocycles. The van der Waals surface area contributed by atoms with Gasteiger partial charge in [-0.1, -0.05) is 23.2 Å². The van der Waals surface area contributed by atoms with Gasteiger partial charge in [-0.05, 0) is 31.0 Å². The minimum atomic E-state index is -3.03. The molecule has 3 rings (SSSR count). The van der Waals surface area contributed by atoms with Gasteiger partial charge in [0.2, 0.25) is 0 Å². The lowest BCUT2D eigenvalue weighted by molar-refractivity contribution is -0.0521. The van der Waals surface area contributed by atoms with Crippen LogP contribution >= 0.6 is 23.2 Å². The number of rotatable bonds is 7. The van der Waals surface area contributed by atoms with E-state index in [1.807, 2.05) is 0 Å². The highest BCUT2D eigenvalue weighted by Crippen LogP contribution is 2.34. The van der Waals surface area contributed by atoms with Crippen molar-refractivity contribution >= 4 is 29.0 Å². The molecule has 0 amide bonds. The normalized spacial score (nSPS) is 19.1. The Hall–Kier alpha value is -1.96. The van der Waals surface area contributed by atoms with Gasteiger partial charge < -0.3 is 14.6 Å². The standard InChI is InChI=1S/C19H17Cl2F2NO4/c20-14-8-24-9-15(21)13(14)7-16(26)10-1-4-17(28-19(22)23)18(5-10)27-12-3-2-11(25)6-12/h1,4-5,8-9,11-12,19,25H,2-3,6-7H2/t11-,12-/m0/s1. The van der Waals surface area contributed by atoms with E-state index in [1.54, 1.807) is 0 Å². The number of carbonyl (C=O) groups excluding carboxylic acids is 1. The number of hydrogen-bond acceptors (Lipinski definition) is 5. The summed E-state index contributed by atoms with van der Waals surface area (Å²) in [5.41, 5.74) is 0.664. The van der Waals surface area contributed by atoms with Crippen molar-refractivity contribution in [1.82, 2.24) is 4.98 Å². The summed E-state index contributed by atoms with van der Waals surface area (Å²) >= 11 is 12.1. The molecule has 1 N–H and O–H groups in total. The van der Waals surface area contributed by atoms with E-state index >= 15 is 0 Å². The molecule has 1 fully saturated rings. The minimum absolute atomic E-state index is 0.0252. The number of hydrogen-bond donors (Lipinski definition) is 1. The number of halogens is 4. The number of nitrogens with zero attached hydrogens (tertiary/aromatic N) is 1. The summed E-state index contributed by atoms with van der Waals surface area (Å²) in [5.74, 6) is -0.472. The molecule has 1 aliphatic rings. The van der Waals surface area contributed by atoms with E-state index in [2.05, 4.69) is 9.72 Å². The molecule has 0 radical (unpaired) electrons. The fourth-order valence-corrected chi connectivity index (χ4v) is 3.54. The van der Waals surface area contributed by atoms with Crippen LogP contribution in [0.1, 0.15) is 35.2 Å². The lowest BCUT2D eigenvalue weighted by Gasteiger charge is -2.17. The summed E-state index contributed by atoms with van der Waals surface area (Å²) in [6.07, 6.45) is 3.37. The average molecular weight is 432 g/mol. The highest BCUT2D eigenvalue weighted by Gasteiger charge is 2.26. The Morgan fingerprint density at radius 3 is 2.54 bits per heavy atom. The number of aromatic nitrogens is 1. The van der Waals surface area contributed by atoms with Crippen LogP contribution in [-0.4, -0.2) is 34.7 Å². The third kappa shape index (κ3) is 5.10. The van der Waals surface area contributed by atoms with Gasteiger partial charge >= 0.3 is 6.61 Å². The Bertz CT molecular complexity index is 846. The van der Waals surface area contributed by atoms with Crippen LogP contribution in [0.5, 0.6) is 11.5 Å². The zero-order chi connectivity index (χ0) is 20.3. The first-order valence-corrected chi connectivity index (χ1v) is 9.33. The molecule has 9 heteroatoms. The maximum atomic E-state index is 12.7. The number of Topliss-reactive ketones (excluding diaryl/α,β-unsaturated/α-hetero) is 1. The van der Waals surface area contributed by atoms with Crippen molar-refractivity contribution in [2.75, 3.05) is 0 Å². The van der Waals surface area contributed by atoms with Crippen LogP contribution in [-0.2, 0) is 6.42 Å². The van der Waals surface area contributed by atoms with Crippen molar-refractivity contribution in [2.45, 2.75) is 44.5 Å². The number of ether oxygens (including phenoxy) is 2. The minimum Gasteiger partial charge on any atom is -0.486 e. The summed E-state index contributed by atoms with van der Waals surface area (Å²) in [7, 11) is 0. The number of aliphatic hydroxyl groups is 1. The molecular formula is C19H17Cl2F2NO4. The molecule has 0 spiro atoms. The molecule has 1 aliphatic carbocycles. The van der Waals surface area contributed by atoms with Crippen LogP contribution in [0, 0.1) is 0 Å². The van der Waals surface area contributed by atoms with Gasteiger partial charge in [-0.2, -0.15) is 8.78 Å². The van der Waals surface area contributed by atoms with Gasteiger partial charge in [0.15, 0.2) is 17.3 Å². The van der Waals surface area contributed by atoms with Crippen molar-refractivity contribution in [2.24, 2.45) is 0 Å². The van der Waals surface area contributed by atoms with Gasteiger partial charge in [0.1, 0.15) is 6.10 Å². The second kappa shape index (κ2) is 9.03. The van der Waals surface area contributed by atoms with Gasteiger partial charge in [0.05, 0.1) is 16.1 Å². The molecule has 5 nitrogen and oxygen atoms in total. The predicted molar refractivity (Wildman–Crippen MR) is 99.6 cm³/mol. The SMILES string of the molecule is O=C(Cc1c(Cl)cncc1Cl)c1ccc(OC(F)F)c(O[C@H]2CC[C@H](O)C2)c1. The Balaban J connectivity index is 1.84. The molecule has 1 heterocycles. The lowest BCUT2D eigenvalue weighted by atomic mass is 10.0. The number of ketones is 1. The molecule has 1 saturated carbocycles. The molecular weight excluding hydrogens is 415 g/mol. The largest absolute Gasteiger partial charge is 0.486 e. The Kier molecular flexibility index (Phi) is 6.69. The van der Waals surface area contributed by atoms with E-state index in [1.165, 1.54) is 30.6 Å². The maximum absolute atomic E-state index is 12.7. The van der Waals surface area contributed by atoms with Crippen molar-refractivity contribution in [3.63, 3.8) is 0 Å². The summed E-state index contributed by atoms with van der Waals surface area (Å²) in [6.45, 7) is -3.03. The van der Waals surface area contributed by atoms with Crippen LogP contribution < -0.4 is 9.47 Å². The molecule has 0 aliphatic heterocycles. The fraction of sp³-hybridized carbons (Fsp3) is 0.368. The summed E-state index contributed by atoms with van der Waals surface area (Å²) in [6, 6.07) is 3.99. The lowest BCUT2D eigenvalue weighted by Crippen LogP contribution is -2.15. The van der Waals surface area contributed by atoms with E-state index in [-0.39, 0.29) is 45.4 Å². The van der Waals surface area contributed by atoms with Crippen LogP contribution in [0.25, 0.3) is 0 Å². The Labute approximate surface area is 170 Å². The second-order valence-corrected chi connectivity index (χ2v) is 7.24. The van der Waals surface area contributed by atoms with Crippen molar-refractivity contribution in [3.05, 3.63) is 51.8 Å². The van der Waals surface area contributed by atoms with E-state index in [9.17, 15) is 18.7 Å². The van der Waals surface area contributed by atoms with Crippen LogP contribution in [0.2, 0.25) is 10.0 Å². The average Bonchev–Trinajstić information content (AvgIpc) is 3.04. The highest BCUT2D eigenvalue weighted by atomic mass is 35.5. The van der Waals surface area contributed by atoms with Gasteiger partial charge in [-0.15, -0.1) is 0 Å². The van der Waals surface area contributed by atoms with Gasteiger partial charge in [-0.3, -0.25) is 9.78 Å². The second-order valence-electron chi connectivity index (χ2n) is 6.43. The summed E-state index contributed by atoms with van der Waals surface area (Å²) < 4.78 is 35.6. The number of carbonyl (C=O) groups is 1. The third-order valence-electron chi connectivity index (χ3n) is 4.42. The molecule has 150 valence electrons. The summed E-state index contributed by atoms with van der Waals surface area (Å²) in [4.78, 5) is 16.5. The summed E-state index contributed by atoms with van der Waals surface area (Å²) in [5, 5.41) is 10.2. The molecule has 1 aromatic heterocycles. The first kappa shape index (κ1) is 20.8. The highest BCUT2D eigenvalue weighted by molar-refractivity contribution is 6.36. The van der Waals surface area contributed by atoms with Crippen LogP contribution in [0.15, 0.2) is 30.6 Å². The maximum Gasteiger partial charge on any atom is 0.387 e. The quantitative estimate of drug-likeness (QED) is 0.642. The Morgan fingerprint density at radius 1 is 1.21 bits per heavy atom. The molecule has 2 aromatic rings. The van der Waals surface area contributed by atoms with Crippen molar-refractivity contribution in [1.29, 1.82) is 0 Å². The first-order valence-electron chi connectivity index (χ1n) is 8.58. The van der Waals surface area contributed by atoms with Crippen LogP contribution in [0.4, 0.5) is 8.78 Å². The number of aliphatic hydroxyl groups excluding tert-OH is 1. The first-order chi connectivity index (χ1) is 13.3. The molecule has 0 bridgehead atoms. The Morgan fingerprint density at radius 2 is 1.93 bits per heavy atom. The van der Waals surface area contributed by atoms with E-state index < -0.39 is 12.7 Å². The zero-order valence-electron chi connectivity index (χ0n) is 14.6. The molecule has 28 heavy (non-hydrogen) atoms. The smallest absolute Gasteiger partial charge is 0.387 e. The van der Waals surface area contributed by atoms with Crippen molar-refractivity contribution < 1.29 is 28.2 Å². The topological polar surface area (TPSA) is 68.7 Å². The zero-order valence-corrected chi connectivity index (χ0v) is 16.1. The predicted octanol–water partition coefficient (Wildman–Crippen LogP) is 4.71. The number of benzene rings is 1. The number of alkyl halides is 2. The fourth-order valence-electron chi connectivity index (χ4n) is 3.04. The van der Waals surface area contributed by atoms with E-state index in [0.29, 0.717) is 24.8 Å².